The van der Waals surface area contributed by atoms with E-state index in [1.54, 1.807) is 0 Å². The van der Waals surface area contributed by atoms with Crippen LogP contribution in [0.1, 0.15) is 12.4 Å². The molecule has 0 unspecified atom stereocenters. The molecule has 0 bridgehead atoms. The maximum absolute atomic E-state index is 12.8. The van der Waals surface area contributed by atoms with Crippen LogP contribution in [0.3, 0.4) is 0 Å². The summed E-state index contributed by atoms with van der Waals surface area (Å²) in [5.74, 6) is -0.197. The molecule has 1 N–H and O–H groups in total. The van der Waals surface area contributed by atoms with E-state index in [2.05, 4.69) is 9.82 Å². The summed E-state index contributed by atoms with van der Waals surface area (Å²) in [6, 6.07) is 3.93. The normalized spacial score (nSPS) is 11.9. The zero-order valence-corrected chi connectivity index (χ0v) is 13.0. The second-order valence-corrected chi connectivity index (χ2v) is 6.59. The van der Waals surface area contributed by atoms with Crippen LogP contribution in [0, 0.1) is 6.92 Å². The van der Waals surface area contributed by atoms with Crippen molar-refractivity contribution in [1.29, 1.82) is 0 Å². The molecule has 120 valence electrons. The number of halogens is 3. The molecule has 0 aliphatic rings. The molecule has 0 radical (unpaired) electrons. The predicted molar refractivity (Wildman–Crippen MR) is 77.3 cm³/mol. The smallest absolute Gasteiger partial charge is 0.284 e. The van der Waals surface area contributed by atoms with Crippen LogP contribution < -0.4 is 10.4 Å². The Hall–Kier alpha value is -1.94. The van der Waals surface area contributed by atoms with Gasteiger partial charge in [-0.25, -0.2) is 17.8 Å². The number of aromatic nitrogens is 3. The second kappa shape index (κ2) is 5.69. The van der Waals surface area contributed by atoms with Gasteiger partial charge in [0.25, 0.3) is 0 Å². The molecule has 2 rings (SSSR count). The van der Waals surface area contributed by atoms with Crippen molar-refractivity contribution >= 4 is 27.3 Å². The lowest BCUT2D eigenvalue weighted by atomic mass is 10.3. The van der Waals surface area contributed by atoms with E-state index < -0.39 is 22.3 Å². The Kier molecular flexibility index (Phi) is 4.25. The minimum absolute atomic E-state index is 0.0113. The van der Waals surface area contributed by atoms with Crippen molar-refractivity contribution in [1.82, 2.24) is 14.3 Å². The summed E-state index contributed by atoms with van der Waals surface area (Å²) in [5, 5.41) is 3.78. The van der Waals surface area contributed by atoms with E-state index in [1.165, 1.54) is 25.1 Å². The third-order valence-corrected chi connectivity index (χ3v) is 3.58. The van der Waals surface area contributed by atoms with Crippen LogP contribution in [0.2, 0.25) is 5.02 Å². The highest BCUT2D eigenvalue weighted by Crippen LogP contribution is 2.24. The Morgan fingerprint density at radius 1 is 1.36 bits per heavy atom. The Labute approximate surface area is 129 Å². The fourth-order valence-electron chi connectivity index (χ4n) is 1.81. The standard InChI is InChI=1S/C11H11ClF2N4O3S/c1-6-15-18(11(19)17(6)10(13)14)9-5-7(3-4-8(9)12)16-22(2,20)21/h3-5,10,16H,1-2H3. The summed E-state index contributed by atoms with van der Waals surface area (Å²) in [4.78, 5) is 12.0. The van der Waals surface area contributed by atoms with Gasteiger partial charge in [-0.15, -0.1) is 5.10 Å². The highest BCUT2D eigenvalue weighted by Gasteiger charge is 2.20. The number of nitrogens with zero attached hydrogens (tertiary/aromatic N) is 3. The number of anilines is 1. The first-order valence-corrected chi connectivity index (χ1v) is 8.11. The third kappa shape index (κ3) is 3.28. The molecule has 0 saturated heterocycles. The van der Waals surface area contributed by atoms with E-state index in [0.29, 0.717) is 4.68 Å². The van der Waals surface area contributed by atoms with Crippen LogP contribution in [0.25, 0.3) is 5.69 Å². The molecule has 0 saturated carbocycles. The molecule has 0 aliphatic carbocycles. The van der Waals surface area contributed by atoms with Gasteiger partial charge in [0, 0.05) is 0 Å². The molecule has 7 nitrogen and oxygen atoms in total. The van der Waals surface area contributed by atoms with Gasteiger partial charge in [0.2, 0.25) is 10.0 Å². The third-order valence-electron chi connectivity index (χ3n) is 2.65. The van der Waals surface area contributed by atoms with Crippen molar-refractivity contribution in [2.75, 3.05) is 11.0 Å². The molecule has 1 aromatic heterocycles. The molecule has 11 heteroatoms. The molecule has 0 aliphatic heterocycles. The average Bonchev–Trinajstić information content (AvgIpc) is 2.65. The Bertz CT molecular complexity index is 876. The van der Waals surface area contributed by atoms with Crippen molar-refractivity contribution in [3.63, 3.8) is 0 Å². The van der Waals surface area contributed by atoms with Crippen LogP contribution in [0.5, 0.6) is 0 Å². The maximum atomic E-state index is 12.8. The monoisotopic (exact) mass is 352 g/mol. The Morgan fingerprint density at radius 2 is 2.00 bits per heavy atom. The van der Waals surface area contributed by atoms with Gasteiger partial charge in [-0.2, -0.15) is 13.5 Å². The van der Waals surface area contributed by atoms with E-state index >= 15 is 0 Å². The number of rotatable bonds is 4. The summed E-state index contributed by atoms with van der Waals surface area (Å²) in [5.41, 5.74) is -0.966. The summed E-state index contributed by atoms with van der Waals surface area (Å²) < 4.78 is 51.1. The lowest BCUT2D eigenvalue weighted by Gasteiger charge is -2.08. The van der Waals surface area contributed by atoms with E-state index in [9.17, 15) is 22.0 Å². The van der Waals surface area contributed by atoms with Crippen LogP contribution in [-0.4, -0.2) is 29.0 Å². The van der Waals surface area contributed by atoms with Crippen molar-refractivity contribution < 1.29 is 17.2 Å². The van der Waals surface area contributed by atoms with E-state index in [4.69, 9.17) is 11.6 Å². The van der Waals surface area contributed by atoms with Gasteiger partial charge in [0.15, 0.2) is 0 Å². The first-order chi connectivity index (χ1) is 10.1. The van der Waals surface area contributed by atoms with E-state index in [-0.39, 0.29) is 26.8 Å². The minimum atomic E-state index is -3.54. The van der Waals surface area contributed by atoms with Crippen molar-refractivity contribution in [3.05, 3.63) is 39.5 Å². The molecule has 2 aromatic rings. The Balaban J connectivity index is 2.61. The maximum Gasteiger partial charge on any atom is 0.355 e. The number of aryl methyl sites for hydroxylation is 1. The predicted octanol–water partition coefficient (Wildman–Crippen LogP) is 1.76. The topological polar surface area (TPSA) is 86.0 Å². The summed E-state index contributed by atoms with van der Waals surface area (Å²) >= 11 is 5.94. The molecule has 22 heavy (non-hydrogen) atoms. The summed E-state index contributed by atoms with van der Waals surface area (Å²) in [6.07, 6.45) is 0.948. The molecule has 0 atom stereocenters. The minimum Gasteiger partial charge on any atom is -0.284 e. The van der Waals surface area contributed by atoms with E-state index in [1.807, 2.05) is 0 Å². The Morgan fingerprint density at radius 3 is 2.50 bits per heavy atom. The van der Waals surface area contributed by atoms with Gasteiger partial charge in [-0.05, 0) is 25.1 Å². The molecular weight excluding hydrogens is 342 g/mol. The first-order valence-electron chi connectivity index (χ1n) is 5.84. The highest BCUT2D eigenvalue weighted by molar-refractivity contribution is 7.92. The fourth-order valence-corrected chi connectivity index (χ4v) is 2.56. The number of nitrogens with one attached hydrogen (secondary N) is 1. The van der Waals surface area contributed by atoms with Crippen molar-refractivity contribution in [2.45, 2.75) is 13.5 Å². The largest absolute Gasteiger partial charge is 0.355 e. The van der Waals surface area contributed by atoms with Crippen LogP contribution >= 0.6 is 11.6 Å². The number of benzene rings is 1. The van der Waals surface area contributed by atoms with Crippen molar-refractivity contribution in [2.24, 2.45) is 0 Å². The van der Waals surface area contributed by atoms with Gasteiger partial charge < -0.3 is 0 Å². The number of hydrogen-bond acceptors (Lipinski definition) is 4. The number of alkyl halides is 2. The van der Waals surface area contributed by atoms with Gasteiger partial charge >= 0.3 is 12.2 Å². The highest BCUT2D eigenvalue weighted by atomic mass is 35.5. The molecular formula is C11H11ClF2N4O3S. The van der Waals surface area contributed by atoms with Gasteiger partial charge in [-0.3, -0.25) is 4.72 Å². The lowest BCUT2D eigenvalue weighted by molar-refractivity contribution is 0.0640. The van der Waals surface area contributed by atoms with Crippen LogP contribution in [-0.2, 0) is 10.0 Å². The van der Waals surface area contributed by atoms with Crippen LogP contribution in [0.15, 0.2) is 23.0 Å². The van der Waals surface area contributed by atoms with Gasteiger partial charge in [0.05, 0.1) is 22.7 Å². The quantitative estimate of drug-likeness (QED) is 0.908. The summed E-state index contributed by atoms with van der Waals surface area (Å²) in [7, 11) is -3.54. The molecule has 0 fully saturated rings. The molecule has 0 amide bonds. The zero-order chi connectivity index (χ0) is 16.7. The zero-order valence-electron chi connectivity index (χ0n) is 11.4. The van der Waals surface area contributed by atoms with E-state index in [0.717, 1.165) is 6.26 Å². The van der Waals surface area contributed by atoms with Gasteiger partial charge in [0.1, 0.15) is 5.82 Å². The fraction of sp³-hybridized carbons (Fsp3) is 0.273. The first kappa shape index (κ1) is 16.4. The summed E-state index contributed by atoms with van der Waals surface area (Å²) in [6.45, 7) is -1.80. The lowest BCUT2D eigenvalue weighted by Crippen LogP contribution is -2.25. The molecule has 0 spiro atoms. The van der Waals surface area contributed by atoms with Crippen LogP contribution in [0.4, 0.5) is 14.5 Å². The molecule has 1 heterocycles. The molecule has 1 aromatic carbocycles. The van der Waals surface area contributed by atoms with Crippen molar-refractivity contribution in [3.8, 4) is 5.69 Å². The SMILES string of the molecule is Cc1nn(-c2cc(NS(C)(=O)=O)ccc2Cl)c(=O)n1C(F)F. The average molecular weight is 353 g/mol. The second-order valence-electron chi connectivity index (χ2n) is 4.43. The number of hydrogen-bond donors (Lipinski definition) is 1. The number of sulfonamides is 1. The van der Waals surface area contributed by atoms with Gasteiger partial charge in [-0.1, -0.05) is 11.6 Å².